The fraction of sp³-hybridized carbons (Fsp3) is 0.467. The van der Waals surface area contributed by atoms with Gasteiger partial charge >= 0.3 is 0 Å². The zero-order valence-corrected chi connectivity index (χ0v) is 12.1. The number of hydrogen-bond acceptors (Lipinski definition) is 1. The van der Waals surface area contributed by atoms with Gasteiger partial charge in [0.2, 0.25) is 0 Å². The number of rotatable bonds is 4. The minimum atomic E-state index is -0.225. The van der Waals surface area contributed by atoms with Crippen LogP contribution in [0.25, 0.3) is 0 Å². The normalized spacial score (nSPS) is 23.3. The predicted octanol–water partition coefficient (Wildman–Crippen LogP) is 4.71. The van der Waals surface area contributed by atoms with Crippen LogP contribution in [0.5, 0.6) is 0 Å². The monoisotopic (exact) mass is 312 g/mol. The van der Waals surface area contributed by atoms with Crippen molar-refractivity contribution in [3.05, 3.63) is 46.2 Å². The number of benzene rings is 1. The first kappa shape index (κ1) is 13.8. The van der Waals surface area contributed by atoms with E-state index in [1.807, 2.05) is 6.07 Å². The highest BCUT2D eigenvalue weighted by Crippen LogP contribution is 2.25. The van der Waals surface area contributed by atoms with Crippen LogP contribution in [-0.2, 0) is 11.3 Å². The Morgan fingerprint density at radius 3 is 2.78 bits per heavy atom. The lowest BCUT2D eigenvalue weighted by Crippen LogP contribution is -2.19. The van der Waals surface area contributed by atoms with E-state index in [0.717, 1.165) is 29.5 Å². The molecule has 1 nitrogen and oxygen atoms in total. The summed E-state index contributed by atoms with van der Waals surface area (Å²) in [7, 11) is 0. The molecule has 0 aromatic heterocycles. The molecule has 0 aliphatic heterocycles. The largest absolute Gasteiger partial charge is 0.376 e. The van der Waals surface area contributed by atoms with Crippen molar-refractivity contribution in [2.24, 2.45) is 11.8 Å². The molecule has 1 aliphatic carbocycles. The van der Waals surface area contributed by atoms with Crippen LogP contribution in [0.3, 0.4) is 0 Å². The van der Waals surface area contributed by atoms with E-state index in [9.17, 15) is 4.39 Å². The van der Waals surface area contributed by atoms with E-state index in [-0.39, 0.29) is 5.82 Å². The van der Waals surface area contributed by atoms with Gasteiger partial charge in [0.25, 0.3) is 0 Å². The Labute approximate surface area is 116 Å². The lowest BCUT2D eigenvalue weighted by atomic mass is 9.85. The molecule has 2 unspecified atom stereocenters. The average Bonchev–Trinajstić information content (AvgIpc) is 2.30. The summed E-state index contributed by atoms with van der Waals surface area (Å²) in [6.07, 6.45) is 6.70. The van der Waals surface area contributed by atoms with Crippen molar-refractivity contribution < 1.29 is 9.13 Å². The standard InChI is InChI=1S/C15H18BrFO/c1-11-4-2-3-5-13(11)10-18-9-12-6-14(16)8-15(17)7-12/h2-3,6-8,11,13H,4-5,9-10H2,1H3. The van der Waals surface area contributed by atoms with E-state index in [1.54, 1.807) is 0 Å². The molecule has 0 heterocycles. The van der Waals surface area contributed by atoms with E-state index < -0.39 is 0 Å². The van der Waals surface area contributed by atoms with Crippen molar-refractivity contribution in [3.63, 3.8) is 0 Å². The molecule has 18 heavy (non-hydrogen) atoms. The number of hydrogen-bond donors (Lipinski definition) is 0. The maximum absolute atomic E-state index is 13.2. The molecule has 0 fully saturated rings. The van der Waals surface area contributed by atoms with E-state index in [0.29, 0.717) is 18.4 Å². The third-order valence-electron chi connectivity index (χ3n) is 3.44. The van der Waals surface area contributed by atoms with Crippen LogP contribution in [0.2, 0.25) is 0 Å². The van der Waals surface area contributed by atoms with Crippen molar-refractivity contribution in [3.8, 4) is 0 Å². The van der Waals surface area contributed by atoms with Gasteiger partial charge in [-0.1, -0.05) is 35.0 Å². The second-order valence-corrected chi connectivity index (χ2v) is 5.89. The summed E-state index contributed by atoms with van der Waals surface area (Å²) in [5.41, 5.74) is 0.876. The van der Waals surface area contributed by atoms with Crippen molar-refractivity contribution in [2.45, 2.75) is 26.4 Å². The first-order valence-corrected chi connectivity index (χ1v) is 7.12. The lowest BCUT2D eigenvalue weighted by molar-refractivity contribution is 0.0679. The Morgan fingerprint density at radius 2 is 2.06 bits per heavy atom. The third kappa shape index (κ3) is 3.92. The molecule has 2 rings (SSSR count). The van der Waals surface area contributed by atoms with Gasteiger partial charge in [-0.2, -0.15) is 0 Å². The highest BCUT2D eigenvalue weighted by molar-refractivity contribution is 9.10. The summed E-state index contributed by atoms with van der Waals surface area (Å²) in [5.74, 6) is 1.04. The second kappa shape index (κ2) is 6.48. The SMILES string of the molecule is CC1CC=CCC1COCc1cc(F)cc(Br)c1. The first-order valence-electron chi connectivity index (χ1n) is 6.33. The van der Waals surface area contributed by atoms with Gasteiger partial charge in [-0.25, -0.2) is 4.39 Å². The predicted molar refractivity (Wildman–Crippen MR) is 74.8 cm³/mol. The summed E-state index contributed by atoms with van der Waals surface area (Å²) in [6, 6.07) is 4.87. The summed E-state index contributed by atoms with van der Waals surface area (Å²) in [6.45, 7) is 3.49. The fourth-order valence-electron chi connectivity index (χ4n) is 2.26. The average molecular weight is 313 g/mol. The summed E-state index contributed by atoms with van der Waals surface area (Å²) in [5, 5.41) is 0. The van der Waals surface area contributed by atoms with Gasteiger partial charge in [0.15, 0.2) is 0 Å². The van der Waals surface area contributed by atoms with Crippen LogP contribution in [0.4, 0.5) is 4.39 Å². The van der Waals surface area contributed by atoms with Crippen LogP contribution in [0.1, 0.15) is 25.3 Å². The van der Waals surface area contributed by atoms with Gasteiger partial charge in [0.1, 0.15) is 5.82 Å². The molecule has 1 aliphatic rings. The van der Waals surface area contributed by atoms with Crippen LogP contribution < -0.4 is 0 Å². The molecule has 98 valence electrons. The molecule has 0 radical (unpaired) electrons. The van der Waals surface area contributed by atoms with Gasteiger partial charge in [-0.05, 0) is 48.4 Å². The van der Waals surface area contributed by atoms with Crippen molar-refractivity contribution in [2.75, 3.05) is 6.61 Å². The maximum atomic E-state index is 13.2. The Balaban J connectivity index is 1.83. The minimum absolute atomic E-state index is 0.225. The van der Waals surface area contributed by atoms with Crippen molar-refractivity contribution in [1.82, 2.24) is 0 Å². The summed E-state index contributed by atoms with van der Waals surface area (Å²) in [4.78, 5) is 0. The molecule has 2 atom stereocenters. The third-order valence-corrected chi connectivity index (χ3v) is 3.90. The highest BCUT2D eigenvalue weighted by Gasteiger charge is 2.18. The molecule has 0 N–H and O–H groups in total. The van der Waals surface area contributed by atoms with E-state index in [2.05, 4.69) is 35.0 Å². The van der Waals surface area contributed by atoms with Crippen LogP contribution in [-0.4, -0.2) is 6.61 Å². The van der Waals surface area contributed by atoms with Crippen LogP contribution in [0.15, 0.2) is 34.8 Å². The quantitative estimate of drug-likeness (QED) is 0.732. The molecule has 3 heteroatoms. The van der Waals surface area contributed by atoms with E-state index >= 15 is 0 Å². The summed E-state index contributed by atoms with van der Waals surface area (Å²) >= 11 is 3.29. The number of allylic oxidation sites excluding steroid dienone is 2. The van der Waals surface area contributed by atoms with Crippen molar-refractivity contribution >= 4 is 15.9 Å². The molecule has 1 aromatic carbocycles. The van der Waals surface area contributed by atoms with E-state index in [4.69, 9.17) is 4.74 Å². The molecule has 1 aromatic rings. The fourth-order valence-corrected chi connectivity index (χ4v) is 2.77. The summed E-state index contributed by atoms with van der Waals surface area (Å²) < 4.78 is 19.7. The zero-order chi connectivity index (χ0) is 13.0. The molecule has 0 bridgehead atoms. The van der Waals surface area contributed by atoms with Crippen molar-refractivity contribution in [1.29, 1.82) is 0 Å². The smallest absolute Gasteiger partial charge is 0.124 e. The number of halogens is 2. The van der Waals surface area contributed by atoms with E-state index in [1.165, 1.54) is 12.1 Å². The first-order chi connectivity index (χ1) is 8.65. The molecule has 0 saturated heterocycles. The molecular weight excluding hydrogens is 295 g/mol. The van der Waals surface area contributed by atoms with Gasteiger partial charge in [-0.15, -0.1) is 0 Å². The topological polar surface area (TPSA) is 9.23 Å². The molecular formula is C15H18BrFO. The van der Waals surface area contributed by atoms with Crippen LogP contribution >= 0.6 is 15.9 Å². The Morgan fingerprint density at radius 1 is 1.28 bits per heavy atom. The maximum Gasteiger partial charge on any atom is 0.124 e. The second-order valence-electron chi connectivity index (χ2n) is 4.97. The van der Waals surface area contributed by atoms with Gasteiger partial charge < -0.3 is 4.74 Å². The number of ether oxygens (including phenoxy) is 1. The van der Waals surface area contributed by atoms with Gasteiger partial charge in [-0.3, -0.25) is 0 Å². The zero-order valence-electron chi connectivity index (χ0n) is 10.5. The molecule has 0 spiro atoms. The highest BCUT2D eigenvalue weighted by atomic mass is 79.9. The Bertz CT molecular complexity index is 410. The molecule has 0 amide bonds. The van der Waals surface area contributed by atoms with Gasteiger partial charge in [0, 0.05) is 4.47 Å². The minimum Gasteiger partial charge on any atom is -0.376 e. The molecule has 0 saturated carbocycles. The lowest BCUT2D eigenvalue weighted by Gasteiger charge is -2.24. The van der Waals surface area contributed by atoms with Gasteiger partial charge in [0.05, 0.1) is 13.2 Å². The van der Waals surface area contributed by atoms with Crippen LogP contribution in [0, 0.1) is 17.7 Å². The Hall–Kier alpha value is -0.670. The Kier molecular flexibility index (Phi) is 4.95.